The number of esters is 2. The van der Waals surface area contributed by atoms with Crippen LogP contribution in [0.25, 0.3) is 0 Å². The molecule has 6 heteroatoms. The smallest absolute Gasteiger partial charge is 0.335 e. The highest BCUT2D eigenvalue weighted by atomic mass is 16.6. The Morgan fingerprint density at radius 3 is 2.48 bits per heavy atom. The molecule has 0 fully saturated rings. The summed E-state index contributed by atoms with van der Waals surface area (Å²) < 4.78 is 9.54. The number of carbonyl (C=O) groups excluding carboxylic acids is 2. The minimum Gasteiger partial charge on any atom is -0.461 e. The van der Waals surface area contributed by atoms with E-state index in [0.717, 1.165) is 5.56 Å². The number of ether oxygens (including phenoxy) is 2. The zero-order valence-corrected chi connectivity index (χ0v) is 11.5. The second-order valence-electron chi connectivity index (χ2n) is 4.28. The normalized spacial score (nSPS) is 11.5. The zero-order valence-electron chi connectivity index (χ0n) is 11.5. The summed E-state index contributed by atoms with van der Waals surface area (Å²) in [6, 6.07) is 9.09. The topological polar surface area (TPSA) is 93.1 Å². The van der Waals surface area contributed by atoms with Gasteiger partial charge in [-0.3, -0.25) is 0 Å². The first-order valence-corrected chi connectivity index (χ1v) is 6.39. The number of carbonyl (C=O) groups is 2. The molecular formula is C15H18O6. The van der Waals surface area contributed by atoms with Crippen LogP contribution >= 0.6 is 0 Å². The van der Waals surface area contributed by atoms with Crippen molar-refractivity contribution in [2.24, 2.45) is 0 Å². The number of aliphatic hydroxyl groups excluding tert-OH is 2. The first-order chi connectivity index (χ1) is 10.0. The average molecular weight is 294 g/mol. The predicted octanol–water partition coefficient (Wildman–Crippen LogP) is 0.572. The van der Waals surface area contributed by atoms with Crippen LogP contribution in [0.15, 0.2) is 42.5 Å². The molecule has 0 aliphatic carbocycles. The maximum Gasteiger partial charge on any atom is 0.335 e. The van der Waals surface area contributed by atoms with E-state index in [0.29, 0.717) is 0 Å². The lowest BCUT2D eigenvalue weighted by Gasteiger charge is -2.11. The SMILES string of the molecule is C=C(C[C@H](O)C(=O)OCCO)C(=O)OCc1ccccc1. The van der Waals surface area contributed by atoms with Gasteiger partial charge in [0.05, 0.1) is 6.61 Å². The zero-order chi connectivity index (χ0) is 15.7. The first-order valence-electron chi connectivity index (χ1n) is 6.39. The molecule has 1 atom stereocenters. The monoisotopic (exact) mass is 294 g/mol. The van der Waals surface area contributed by atoms with Crippen molar-refractivity contribution >= 4 is 11.9 Å². The second-order valence-corrected chi connectivity index (χ2v) is 4.28. The van der Waals surface area contributed by atoms with Gasteiger partial charge in [-0.05, 0) is 5.56 Å². The number of hydrogen-bond donors (Lipinski definition) is 2. The highest BCUT2D eigenvalue weighted by molar-refractivity contribution is 5.89. The Bertz CT molecular complexity index is 482. The molecule has 114 valence electrons. The molecule has 1 aromatic carbocycles. The molecule has 21 heavy (non-hydrogen) atoms. The van der Waals surface area contributed by atoms with Crippen molar-refractivity contribution in [1.29, 1.82) is 0 Å². The lowest BCUT2D eigenvalue weighted by Crippen LogP contribution is -2.26. The molecule has 0 spiro atoms. The van der Waals surface area contributed by atoms with Crippen LogP contribution in [-0.4, -0.2) is 41.5 Å². The van der Waals surface area contributed by atoms with Crippen LogP contribution in [0.4, 0.5) is 0 Å². The fourth-order valence-corrected chi connectivity index (χ4v) is 1.47. The van der Waals surface area contributed by atoms with Crippen molar-refractivity contribution in [2.45, 2.75) is 19.1 Å². The third-order valence-electron chi connectivity index (χ3n) is 2.55. The largest absolute Gasteiger partial charge is 0.461 e. The maximum atomic E-state index is 11.7. The van der Waals surface area contributed by atoms with Crippen molar-refractivity contribution in [3.05, 3.63) is 48.0 Å². The van der Waals surface area contributed by atoms with Crippen molar-refractivity contribution in [3.8, 4) is 0 Å². The van der Waals surface area contributed by atoms with E-state index in [-0.39, 0.29) is 31.8 Å². The van der Waals surface area contributed by atoms with Crippen LogP contribution in [0.1, 0.15) is 12.0 Å². The van der Waals surface area contributed by atoms with E-state index < -0.39 is 18.0 Å². The van der Waals surface area contributed by atoms with Crippen LogP contribution < -0.4 is 0 Å². The lowest BCUT2D eigenvalue weighted by molar-refractivity contribution is -0.154. The predicted molar refractivity (Wildman–Crippen MR) is 74.0 cm³/mol. The van der Waals surface area contributed by atoms with E-state index in [9.17, 15) is 14.7 Å². The third-order valence-corrected chi connectivity index (χ3v) is 2.55. The third kappa shape index (κ3) is 6.20. The van der Waals surface area contributed by atoms with E-state index in [1.165, 1.54) is 0 Å². The fourth-order valence-electron chi connectivity index (χ4n) is 1.47. The highest BCUT2D eigenvalue weighted by Gasteiger charge is 2.21. The molecule has 1 rings (SSSR count). The van der Waals surface area contributed by atoms with Gasteiger partial charge in [-0.2, -0.15) is 0 Å². The highest BCUT2D eigenvalue weighted by Crippen LogP contribution is 2.09. The van der Waals surface area contributed by atoms with Gasteiger partial charge in [-0.15, -0.1) is 0 Å². The van der Waals surface area contributed by atoms with Gasteiger partial charge in [0.25, 0.3) is 0 Å². The molecule has 0 unspecified atom stereocenters. The van der Waals surface area contributed by atoms with Gasteiger partial charge in [-0.1, -0.05) is 36.9 Å². The minimum absolute atomic E-state index is 0.0284. The van der Waals surface area contributed by atoms with Crippen molar-refractivity contribution in [2.75, 3.05) is 13.2 Å². The van der Waals surface area contributed by atoms with E-state index in [1.807, 2.05) is 18.2 Å². The van der Waals surface area contributed by atoms with Crippen molar-refractivity contribution < 1.29 is 29.3 Å². The molecule has 0 radical (unpaired) electrons. The van der Waals surface area contributed by atoms with Gasteiger partial charge < -0.3 is 19.7 Å². The van der Waals surface area contributed by atoms with Gasteiger partial charge >= 0.3 is 11.9 Å². The molecule has 0 aliphatic heterocycles. The van der Waals surface area contributed by atoms with Gasteiger partial charge in [-0.25, -0.2) is 9.59 Å². The van der Waals surface area contributed by atoms with Gasteiger partial charge in [0, 0.05) is 12.0 Å². The first kappa shape index (κ1) is 16.9. The molecule has 0 aliphatic rings. The standard InChI is InChI=1S/C15H18O6/c1-11(9-13(17)15(19)20-8-7-16)14(18)21-10-12-5-3-2-4-6-12/h2-6,13,16-17H,1,7-10H2/t13-/m0/s1. The Kier molecular flexibility index (Phi) is 7.14. The number of aliphatic hydroxyl groups is 2. The van der Waals surface area contributed by atoms with Crippen LogP contribution in [-0.2, 0) is 25.7 Å². The molecule has 6 nitrogen and oxygen atoms in total. The Balaban J connectivity index is 2.37. The summed E-state index contributed by atoms with van der Waals surface area (Å²) in [5.41, 5.74) is 0.793. The molecule has 0 saturated heterocycles. The number of hydrogen-bond acceptors (Lipinski definition) is 6. The second kappa shape index (κ2) is 8.89. The van der Waals surface area contributed by atoms with Crippen LogP contribution in [0, 0.1) is 0 Å². The van der Waals surface area contributed by atoms with E-state index in [1.54, 1.807) is 12.1 Å². The summed E-state index contributed by atoms with van der Waals surface area (Å²) in [5.74, 6) is -1.60. The minimum atomic E-state index is -1.51. The summed E-state index contributed by atoms with van der Waals surface area (Å²) in [5, 5.41) is 18.0. The molecule has 2 N–H and O–H groups in total. The van der Waals surface area contributed by atoms with Crippen molar-refractivity contribution in [1.82, 2.24) is 0 Å². The Morgan fingerprint density at radius 1 is 1.19 bits per heavy atom. The summed E-state index contributed by atoms with van der Waals surface area (Å²) in [7, 11) is 0. The molecule has 0 heterocycles. The van der Waals surface area contributed by atoms with Crippen LogP contribution in [0.2, 0.25) is 0 Å². The average Bonchev–Trinajstić information content (AvgIpc) is 2.50. The quantitative estimate of drug-likeness (QED) is 0.538. The Morgan fingerprint density at radius 2 is 1.86 bits per heavy atom. The van der Waals surface area contributed by atoms with Gasteiger partial charge in [0.2, 0.25) is 0 Å². The Labute approximate surface area is 122 Å². The molecule has 0 bridgehead atoms. The summed E-state index contributed by atoms with van der Waals surface area (Å²) in [6.07, 6.45) is -1.79. The van der Waals surface area contributed by atoms with E-state index in [4.69, 9.17) is 9.84 Å². The number of benzene rings is 1. The van der Waals surface area contributed by atoms with E-state index in [2.05, 4.69) is 11.3 Å². The number of rotatable bonds is 8. The summed E-state index contributed by atoms with van der Waals surface area (Å²) in [4.78, 5) is 22.9. The summed E-state index contributed by atoms with van der Waals surface area (Å²) in [6.45, 7) is 3.02. The van der Waals surface area contributed by atoms with Crippen LogP contribution in [0.5, 0.6) is 0 Å². The van der Waals surface area contributed by atoms with Gasteiger partial charge in [0.1, 0.15) is 13.2 Å². The van der Waals surface area contributed by atoms with Crippen molar-refractivity contribution in [3.63, 3.8) is 0 Å². The lowest BCUT2D eigenvalue weighted by atomic mass is 10.1. The molecule has 0 aromatic heterocycles. The van der Waals surface area contributed by atoms with Gasteiger partial charge in [0.15, 0.2) is 6.10 Å². The van der Waals surface area contributed by atoms with E-state index >= 15 is 0 Å². The molecular weight excluding hydrogens is 276 g/mol. The maximum absolute atomic E-state index is 11.7. The Hall–Kier alpha value is -2.18. The molecule has 0 saturated carbocycles. The fraction of sp³-hybridized carbons (Fsp3) is 0.333. The summed E-state index contributed by atoms with van der Waals surface area (Å²) >= 11 is 0. The molecule has 0 amide bonds. The van der Waals surface area contributed by atoms with Crippen LogP contribution in [0.3, 0.4) is 0 Å². The molecule has 1 aromatic rings.